The summed E-state index contributed by atoms with van der Waals surface area (Å²) in [6.45, 7) is 7.25. The number of hydrogen-bond donors (Lipinski definition) is 0. The van der Waals surface area contributed by atoms with Gasteiger partial charge < -0.3 is 4.90 Å². The first-order chi connectivity index (χ1) is 10.1. The maximum absolute atomic E-state index is 12.6. The Kier molecular flexibility index (Phi) is 3.75. The smallest absolute Gasteiger partial charge is 0.265 e. The zero-order valence-corrected chi connectivity index (χ0v) is 13.4. The molecule has 3 heterocycles. The van der Waals surface area contributed by atoms with E-state index in [4.69, 9.17) is 0 Å². The number of aryl methyl sites for hydroxylation is 3. The number of hydrogen-bond acceptors (Lipinski definition) is 5. The van der Waals surface area contributed by atoms with Crippen LogP contribution in [0.25, 0.3) is 0 Å². The molecule has 2 aromatic rings. The minimum atomic E-state index is 0.0918. The van der Waals surface area contributed by atoms with Crippen molar-refractivity contribution in [2.45, 2.75) is 39.7 Å². The second-order valence-corrected chi connectivity index (χ2v) is 6.32. The van der Waals surface area contributed by atoms with Crippen LogP contribution in [0, 0.1) is 20.8 Å². The molecule has 0 saturated carbocycles. The fraction of sp³-hybridized carbons (Fsp3) is 0.571. The summed E-state index contributed by atoms with van der Waals surface area (Å²) in [7, 11) is 0. The first-order valence-electron chi connectivity index (χ1n) is 7.15. The molecule has 3 rings (SSSR count). The molecule has 1 fully saturated rings. The number of carbonyl (C=O) groups excluding carboxylic acids is 1. The van der Waals surface area contributed by atoms with Crippen LogP contribution < -0.4 is 0 Å². The van der Waals surface area contributed by atoms with E-state index < -0.39 is 0 Å². The fourth-order valence-electron chi connectivity index (χ4n) is 2.87. The Morgan fingerprint density at radius 3 is 2.81 bits per heavy atom. The van der Waals surface area contributed by atoms with E-state index in [9.17, 15) is 4.79 Å². The number of nitrogens with zero attached hydrogens (tertiary/aromatic N) is 5. The van der Waals surface area contributed by atoms with E-state index in [1.165, 1.54) is 11.3 Å². The second kappa shape index (κ2) is 5.55. The standard InChI is InChI=1S/C14H19N5OS/c1-9-13(21-8-15-9)14(20)18-6-4-5-12(7-18)19-11(3)16-10(2)17-19/h8,12H,4-7H2,1-3H3/t12-/m0/s1. The van der Waals surface area contributed by atoms with Crippen LogP contribution in [0.1, 0.15) is 45.9 Å². The van der Waals surface area contributed by atoms with Crippen molar-refractivity contribution in [3.63, 3.8) is 0 Å². The average Bonchev–Trinajstić information content (AvgIpc) is 3.03. The van der Waals surface area contributed by atoms with Crippen molar-refractivity contribution < 1.29 is 4.79 Å². The monoisotopic (exact) mass is 305 g/mol. The first kappa shape index (κ1) is 14.2. The van der Waals surface area contributed by atoms with Gasteiger partial charge in [-0.25, -0.2) is 14.6 Å². The molecule has 6 nitrogen and oxygen atoms in total. The highest BCUT2D eigenvalue weighted by molar-refractivity contribution is 7.11. The Hall–Kier alpha value is -1.76. The molecule has 21 heavy (non-hydrogen) atoms. The predicted octanol–water partition coefficient (Wildman–Crippen LogP) is 2.14. The molecule has 0 aliphatic carbocycles. The number of thiazole rings is 1. The summed E-state index contributed by atoms with van der Waals surface area (Å²) in [6, 6.07) is 0.220. The molecule has 1 aliphatic heterocycles. The second-order valence-electron chi connectivity index (χ2n) is 5.46. The lowest BCUT2D eigenvalue weighted by Gasteiger charge is -2.32. The molecular formula is C14H19N5OS. The number of amides is 1. The molecule has 0 unspecified atom stereocenters. The van der Waals surface area contributed by atoms with Crippen molar-refractivity contribution >= 4 is 17.2 Å². The lowest BCUT2D eigenvalue weighted by Crippen LogP contribution is -2.41. The molecule has 0 aromatic carbocycles. The molecule has 1 atom stereocenters. The van der Waals surface area contributed by atoms with Crippen molar-refractivity contribution in [1.29, 1.82) is 0 Å². The molecule has 1 saturated heterocycles. The molecule has 1 amide bonds. The summed E-state index contributed by atoms with van der Waals surface area (Å²) in [5, 5.41) is 4.47. The Morgan fingerprint density at radius 1 is 1.38 bits per heavy atom. The number of aromatic nitrogens is 4. The van der Waals surface area contributed by atoms with E-state index >= 15 is 0 Å². The highest BCUT2D eigenvalue weighted by Gasteiger charge is 2.28. The maximum atomic E-state index is 12.6. The molecule has 0 N–H and O–H groups in total. The van der Waals surface area contributed by atoms with Gasteiger partial charge in [-0.05, 0) is 33.6 Å². The van der Waals surface area contributed by atoms with Gasteiger partial charge in [0.05, 0.1) is 17.2 Å². The quantitative estimate of drug-likeness (QED) is 0.852. The van der Waals surface area contributed by atoms with E-state index in [1.54, 1.807) is 5.51 Å². The number of rotatable bonds is 2. The molecular weight excluding hydrogens is 286 g/mol. The third-order valence-corrected chi connectivity index (χ3v) is 4.79. The van der Waals surface area contributed by atoms with Crippen LogP contribution in [-0.2, 0) is 0 Å². The fourth-order valence-corrected chi connectivity index (χ4v) is 3.64. The van der Waals surface area contributed by atoms with Crippen molar-refractivity contribution in [1.82, 2.24) is 24.6 Å². The maximum Gasteiger partial charge on any atom is 0.265 e. The van der Waals surface area contributed by atoms with Crippen molar-refractivity contribution in [3.05, 3.63) is 27.7 Å². The van der Waals surface area contributed by atoms with Crippen molar-refractivity contribution in [2.75, 3.05) is 13.1 Å². The summed E-state index contributed by atoms with van der Waals surface area (Å²) >= 11 is 1.42. The highest BCUT2D eigenvalue weighted by atomic mass is 32.1. The molecule has 0 radical (unpaired) electrons. The first-order valence-corrected chi connectivity index (χ1v) is 8.03. The highest BCUT2D eigenvalue weighted by Crippen LogP contribution is 2.25. The summed E-state index contributed by atoms with van der Waals surface area (Å²) in [6.07, 6.45) is 2.03. The summed E-state index contributed by atoms with van der Waals surface area (Å²) in [5.74, 6) is 1.80. The van der Waals surface area contributed by atoms with Gasteiger partial charge in [0, 0.05) is 13.1 Å². The Balaban J connectivity index is 1.79. The summed E-state index contributed by atoms with van der Waals surface area (Å²) < 4.78 is 1.97. The molecule has 7 heteroatoms. The van der Waals surface area contributed by atoms with Gasteiger partial charge in [0.1, 0.15) is 16.5 Å². The van der Waals surface area contributed by atoms with E-state index in [-0.39, 0.29) is 11.9 Å². The minimum absolute atomic E-state index is 0.0918. The number of likely N-dealkylation sites (tertiary alicyclic amines) is 1. The van der Waals surface area contributed by atoms with Crippen LogP contribution in [0.5, 0.6) is 0 Å². The average molecular weight is 305 g/mol. The third-order valence-electron chi connectivity index (χ3n) is 3.88. The van der Waals surface area contributed by atoms with Crippen LogP contribution in [0.4, 0.5) is 0 Å². The molecule has 0 bridgehead atoms. The van der Waals surface area contributed by atoms with Crippen molar-refractivity contribution in [2.24, 2.45) is 0 Å². The molecule has 1 aliphatic rings. The van der Waals surface area contributed by atoms with Gasteiger partial charge in [-0.1, -0.05) is 0 Å². The largest absolute Gasteiger partial charge is 0.336 e. The van der Waals surface area contributed by atoms with Gasteiger partial charge in [0.25, 0.3) is 5.91 Å². The zero-order valence-electron chi connectivity index (χ0n) is 12.5. The third kappa shape index (κ3) is 2.70. The van der Waals surface area contributed by atoms with Crippen LogP contribution in [0.2, 0.25) is 0 Å². The van der Waals surface area contributed by atoms with Gasteiger partial charge in [0.2, 0.25) is 0 Å². The Morgan fingerprint density at radius 2 is 2.19 bits per heavy atom. The van der Waals surface area contributed by atoms with Crippen LogP contribution in [-0.4, -0.2) is 43.6 Å². The lowest BCUT2D eigenvalue weighted by atomic mass is 10.1. The van der Waals surface area contributed by atoms with Gasteiger partial charge >= 0.3 is 0 Å². The van der Waals surface area contributed by atoms with Gasteiger partial charge in [0.15, 0.2) is 0 Å². The zero-order chi connectivity index (χ0) is 15.0. The summed E-state index contributed by atoms with van der Waals surface area (Å²) in [5.41, 5.74) is 2.55. The minimum Gasteiger partial charge on any atom is -0.336 e. The Labute approximate surface area is 127 Å². The van der Waals surface area contributed by atoms with E-state index in [0.29, 0.717) is 6.54 Å². The summed E-state index contributed by atoms with van der Waals surface area (Å²) in [4.78, 5) is 23.8. The van der Waals surface area contributed by atoms with Gasteiger partial charge in [-0.3, -0.25) is 4.79 Å². The van der Waals surface area contributed by atoms with E-state index in [0.717, 1.165) is 41.6 Å². The lowest BCUT2D eigenvalue weighted by molar-refractivity contribution is 0.0675. The van der Waals surface area contributed by atoms with Crippen LogP contribution >= 0.6 is 11.3 Å². The molecule has 112 valence electrons. The molecule has 0 spiro atoms. The number of piperidine rings is 1. The predicted molar refractivity (Wildman–Crippen MR) is 80.5 cm³/mol. The van der Waals surface area contributed by atoms with E-state index in [1.807, 2.05) is 30.4 Å². The van der Waals surface area contributed by atoms with Crippen LogP contribution in [0.3, 0.4) is 0 Å². The number of carbonyl (C=O) groups is 1. The Bertz CT molecular complexity index is 662. The van der Waals surface area contributed by atoms with Crippen LogP contribution in [0.15, 0.2) is 5.51 Å². The van der Waals surface area contributed by atoms with Gasteiger partial charge in [-0.15, -0.1) is 11.3 Å². The molecule has 2 aromatic heterocycles. The van der Waals surface area contributed by atoms with Crippen molar-refractivity contribution in [3.8, 4) is 0 Å². The van der Waals surface area contributed by atoms with Gasteiger partial charge in [-0.2, -0.15) is 5.10 Å². The SMILES string of the molecule is Cc1nc(C)n([C@H]2CCCN(C(=O)c3scnc3C)C2)n1. The van der Waals surface area contributed by atoms with E-state index in [2.05, 4.69) is 15.1 Å². The topological polar surface area (TPSA) is 63.9 Å². The normalized spacial score (nSPS) is 19.0.